The molecule has 0 saturated heterocycles. The fourth-order valence-corrected chi connectivity index (χ4v) is 12.1. The number of esters is 2. The van der Waals surface area contributed by atoms with Crippen LogP contribution in [0, 0.1) is 0 Å². The Hall–Kier alpha value is -12.6. The van der Waals surface area contributed by atoms with E-state index in [1.807, 2.05) is 243 Å². The number of nitrogens with one attached hydrogen (secondary N) is 2. The topological polar surface area (TPSA) is 277 Å². The predicted molar refractivity (Wildman–Crippen MR) is 393 cm³/mol. The number of fused-ring (bicyclic) bond motifs is 6. The van der Waals surface area contributed by atoms with Crippen molar-refractivity contribution >= 4 is 58.9 Å². The lowest BCUT2D eigenvalue weighted by molar-refractivity contribution is -0.145. The minimum absolute atomic E-state index is 0.00741. The van der Waals surface area contributed by atoms with Gasteiger partial charge in [0, 0.05) is 31.5 Å². The summed E-state index contributed by atoms with van der Waals surface area (Å²) in [6.45, 7) is 0.204. The van der Waals surface area contributed by atoms with Crippen LogP contribution in [0.2, 0.25) is 0 Å². The Kier molecular flexibility index (Phi) is 25.9. The molecule has 0 aromatic heterocycles. The van der Waals surface area contributed by atoms with Crippen LogP contribution in [-0.2, 0) is 63.1 Å². The maximum atomic E-state index is 14.0. The van der Waals surface area contributed by atoms with E-state index >= 15 is 0 Å². The molecule has 0 spiro atoms. The number of nitrogens with zero attached hydrogens (tertiary/aromatic N) is 6. The number of hydrogen-bond acceptors (Lipinski definition) is 11. The molecule has 0 radical (unpaired) electrons. The Morgan fingerprint density at radius 2 is 0.621 bits per heavy atom. The van der Waals surface area contributed by atoms with Crippen molar-refractivity contribution in [3.63, 3.8) is 0 Å². The first-order valence-electron chi connectivity index (χ1n) is 33.2. The van der Waals surface area contributed by atoms with E-state index in [1.165, 1.54) is 25.8 Å². The summed E-state index contributed by atoms with van der Waals surface area (Å²) in [7, 11) is 0. The first-order valence-corrected chi connectivity index (χ1v) is 33.6. The van der Waals surface area contributed by atoms with Crippen molar-refractivity contribution < 1.29 is 47.8 Å². The van der Waals surface area contributed by atoms with E-state index in [1.54, 1.807) is 0 Å². The molecular weight excluding hydrogens is 1320 g/mol. The van der Waals surface area contributed by atoms with Crippen LogP contribution >= 0.6 is 11.6 Å². The van der Waals surface area contributed by atoms with Crippen LogP contribution in [0.4, 0.5) is 24.0 Å². The van der Waals surface area contributed by atoms with E-state index in [-0.39, 0.29) is 84.0 Å². The molecule has 0 aliphatic heterocycles. The van der Waals surface area contributed by atoms with Crippen LogP contribution in [0.3, 0.4) is 0 Å². The van der Waals surface area contributed by atoms with Crippen LogP contribution in [0.15, 0.2) is 279 Å². The monoisotopic (exact) mass is 1400 g/mol. The second-order valence-corrected chi connectivity index (χ2v) is 24.6. The second kappa shape index (κ2) is 36.5. The summed E-state index contributed by atoms with van der Waals surface area (Å²) in [6, 6.07) is 85.0. The number of benzene rings is 10. The van der Waals surface area contributed by atoms with E-state index in [0.717, 1.165) is 81.8 Å². The number of halogens is 1. The molecule has 2 aliphatic carbocycles. The maximum absolute atomic E-state index is 14.0. The molecule has 22 heteroatoms. The van der Waals surface area contributed by atoms with Gasteiger partial charge >= 0.3 is 41.4 Å². The van der Waals surface area contributed by atoms with Gasteiger partial charge < -0.3 is 35.6 Å². The van der Waals surface area contributed by atoms with Gasteiger partial charge in [0.05, 0.1) is 19.6 Å². The fourth-order valence-electron chi connectivity index (χ4n) is 12.0. The molecule has 10 aromatic carbocycles. The Bertz CT molecular complexity index is 4420. The van der Waals surface area contributed by atoms with Gasteiger partial charge in [0.15, 0.2) is 0 Å². The zero-order chi connectivity index (χ0) is 72.5. The van der Waals surface area contributed by atoms with E-state index in [9.17, 15) is 38.4 Å². The van der Waals surface area contributed by atoms with Crippen molar-refractivity contribution in [2.45, 2.75) is 51.1 Å². The molecule has 0 fully saturated rings. The van der Waals surface area contributed by atoms with Crippen molar-refractivity contribution in [1.29, 1.82) is 0 Å². The number of hydrazine groups is 3. The van der Waals surface area contributed by atoms with E-state index < -0.39 is 47.3 Å². The molecule has 0 bridgehead atoms. The lowest BCUT2D eigenvalue weighted by Crippen LogP contribution is -2.54. The third-order valence-corrected chi connectivity index (χ3v) is 17.3. The second-order valence-electron chi connectivity index (χ2n) is 24.3. The summed E-state index contributed by atoms with van der Waals surface area (Å²) in [6.07, 6.45) is 0. The zero-order valence-electron chi connectivity index (χ0n) is 56.4. The van der Waals surface area contributed by atoms with Gasteiger partial charge in [0.2, 0.25) is 0 Å². The summed E-state index contributed by atoms with van der Waals surface area (Å²) in [5, 5.41) is 2.47. The lowest BCUT2D eigenvalue weighted by atomic mass is 9.98. The molecule has 2 aliphatic rings. The summed E-state index contributed by atoms with van der Waals surface area (Å²) in [5.74, 6) is 3.95. The van der Waals surface area contributed by atoms with Crippen molar-refractivity contribution in [3.8, 4) is 22.3 Å². The van der Waals surface area contributed by atoms with E-state index in [4.69, 9.17) is 38.4 Å². The molecular formula is C81H78ClN11O10. The highest BCUT2D eigenvalue weighted by Crippen LogP contribution is 2.46. The first-order chi connectivity index (χ1) is 50.0. The van der Waals surface area contributed by atoms with E-state index in [0.29, 0.717) is 0 Å². The number of carbonyl (C=O) groups excluding carboxylic acids is 8. The number of hydrogen-bond donors (Lipinski definition) is 5. The third kappa shape index (κ3) is 20.8. The quantitative estimate of drug-likeness (QED) is 0.0106. The van der Waals surface area contributed by atoms with Gasteiger partial charge in [-0.15, -0.1) is 0 Å². The van der Waals surface area contributed by atoms with Gasteiger partial charge in [-0.25, -0.2) is 45.9 Å². The van der Waals surface area contributed by atoms with Crippen molar-refractivity contribution in [2.24, 2.45) is 17.3 Å². The SMILES string of the molecule is NC(=O)N(CC(=O)N(Cc1ccccc1)NC(=O)N(CC(=O)OCC1c2ccccc2-c2ccccc21)Cc1ccccc1)Cc1ccccc1.NC(=O)N(Cc1ccccc1)NC(=O)N(N)Cc1ccccc1.O=C(CN(Cc1ccccc1)C(=O)Cl)OCC1c2ccccc2-c2ccccc21. The number of ether oxygens (including phenoxy) is 2. The molecule has 0 atom stereocenters. The van der Waals surface area contributed by atoms with Gasteiger partial charge in [0.1, 0.15) is 32.8 Å². The number of rotatable bonds is 22. The summed E-state index contributed by atoms with van der Waals surface area (Å²) in [5.41, 5.74) is 30.0. The number of amides is 10. The third-order valence-electron chi connectivity index (χ3n) is 17.1. The smallest absolute Gasteiger partial charge is 0.350 e. The van der Waals surface area contributed by atoms with E-state index in [2.05, 4.69) is 47.2 Å². The predicted octanol–water partition coefficient (Wildman–Crippen LogP) is 12.8. The largest absolute Gasteiger partial charge is 0.463 e. The van der Waals surface area contributed by atoms with Crippen LogP contribution in [0.1, 0.15) is 67.5 Å². The highest BCUT2D eigenvalue weighted by molar-refractivity contribution is 6.62. The average Bonchev–Trinajstić information content (AvgIpc) is 1.62. The Labute approximate surface area is 602 Å². The standard InChI is InChI=1S/C41H39N5O5.C24H20ClNO3.C16H19N5O2/c42-40(49)44(24-30-14-4-1-5-15-30)27-38(47)46(26-32-18-8-3-9-19-32)43-41(50)45(25-31-16-6-2-7-17-31)28-39(48)51-29-37-35-22-12-10-20-33(35)34-21-11-13-23-36(34)37;25-24(28)26(14-17-8-2-1-3-9-17)15-23(27)29-16-22-20-12-6-4-10-18(20)19-11-5-7-13-21(19)22;17-15(22)21(12-14-9-5-2-6-10-14)19-16(23)20(18)11-13-7-3-1-4-8-13/h1-23,37H,24-29H2,(H2,42,49)(H,43,50);1-13,22H,14-16H2;1-10H,11-12,18H2,(H2,17,22)(H,19,23). The average molecular weight is 1400 g/mol. The molecule has 10 amide bonds. The summed E-state index contributed by atoms with van der Waals surface area (Å²) >= 11 is 5.68. The molecule has 0 heterocycles. The van der Waals surface area contributed by atoms with Crippen molar-refractivity contribution in [1.82, 2.24) is 40.6 Å². The highest BCUT2D eigenvalue weighted by atomic mass is 35.5. The highest BCUT2D eigenvalue weighted by Gasteiger charge is 2.32. The zero-order valence-corrected chi connectivity index (χ0v) is 57.1. The Morgan fingerprint density at radius 3 is 0.971 bits per heavy atom. The van der Waals surface area contributed by atoms with Gasteiger partial charge in [0.25, 0.3) is 5.91 Å². The molecule has 103 heavy (non-hydrogen) atoms. The van der Waals surface area contributed by atoms with Crippen molar-refractivity contribution in [3.05, 3.63) is 335 Å². The first kappa shape index (κ1) is 73.1. The van der Waals surface area contributed by atoms with Crippen molar-refractivity contribution in [2.75, 3.05) is 32.8 Å². The molecule has 10 aromatic rings. The Balaban J connectivity index is 0.000000184. The normalized spacial score (nSPS) is 11.4. The fraction of sp³-hybridized carbons (Fsp3) is 0.160. The van der Waals surface area contributed by atoms with Gasteiger partial charge in [-0.2, -0.15) is 0 Å². The maximum Gasteiger partial charge on any atom is 0.350 e. The molecule has 12 rings (SSSR count). The van der Waals surface area contributed by atoms with Gasteiger partial charge in [-0.3, -0.25) is 24.2 Å². The minimum atomic E-state index is -0.779. The minimum Gasteiger partial charge on any atom is -0.463 e. The van der Waals surface area contributed by atoms with Gasteiger partial charge in [-0.1, -0.05) is 279 Å². The van der Waals surface area contributed by atoms with Crippen LogP contribution in [-0.4, -0.2) is 110 Å². The van der Waals surface area contributed by atoms with Crippen LogP contribution in [0.5, 0.6) is 0 Å². The molecule has 0 unspecified atom stereocenters. The van der Waals surface area contributed by atoms with Crippen LogP contribution < -0.4 is 28.2 Å². The number of primary amides is 2. The Morgan fingerprint density at radius 1 is 0.330 bits per heavy atom. The number of carbonyl (C=O) groups is 8. The summed E-state index contributed by atoms with van der Waals surface area (Å²) in [4.78, 5) is 105. The molecule has 8 N–H and O–H groups in total. The molecule has 524 valence electrons. The number of urea groups is 4. The number of nitrogens with two attached hydrogens (primary N) is 3. The lowest BCUT2D eigenvalue weighted by Gasteiger charge is -2.30. The molecule has 0 saturated carbocycles. The van der Waals surface area contributed by atoms with Crippen LogP contribution in [0.25, 0.3) is 22.3 Å². The molecule has 21 nitrogen and oxygen atoms in total. The van der Waals surface area contributed by atoms with Gasteiger partial charge in [-0.05, 0) is 89.5 Å². The summed E-state index contributed by atoms with van der Waals surface area (Å²) < 4.78 is 11.4.